The van der Waals surface area contributed by atoms with Crippen LogP contribution in [0.25, 0.3) is 0 Å². The first-order valence-electron chi connectivity index (χ1n) is 8.47. The van der Waals surface area contributed by atoms with Crippen LogP contribution in [-0.2, 0) is 11.3 Å². The molecule has 0 radical (unpaired) electrons. The van der Waals surface area contributed by atoms with Crippen LogP contribution >= 0.6 is 0 Å². The minimum Gasteiger partial charge on any atom is -0.396 e. The van der Waals surface area contributed by atoms with E-state index in [9.17, 15) is 5.11 Å². The Morgan fingerprint density at radius 2 is 2.00 bits per heavy atom. The number of benzene rings is 1. The summed E-state index contributed by atoms with van der Waals surface area (Å²) >= 11 is 0. The van der Waals surface area contributed by atoms with Gasteiger partial charge in [0.2, 0.25) is 0 Å². The molecule has 2 N–H and O–H groups in total. The standard InChI is InChI=1S/C18H28N2O2/c1-18(14-21)8-2-3-17(18)19-13-15-4-6-16(7-5-15)20-9-11-22-12-10-20/h4-7,17,19,21H,2-3,8-14H2,1H3. The Bertz CT molecular complexity index is 470. The van der Waals surface area contributed by atoms with Gasteiger partial charge in [0.05, 0.1) is 13.2 Å². The molecule has 0 amide bonds. The fraction of sp³-hybridized carbons (Fsp3) is 0.667. The highest BCUT2D eigenvalue weighted by atomic mass is 16.5. The molecule has 1 aromatic carbocycles. The summed E-state index contributed by atoms with van der Waals surface area (Å²) in [6.45, 7) is 6.96. The molecule has 0 aromatic heterocycles. The molecule has 0 bridgehead atoms. The molecule has 1 aliphatic heterocycles. The summed E-state index contributed by atoms with van der Waals surface area (Å²) in [4.78, 5) is 2.38. The van der Waals surface area contributed by atoms with Gasteiger partial charge in [0.15, 0.2) is 0 Å². The van der Waals surface area contributed by atoms with Crippen molar-refractivity contribution in [3.63, 3.8) is 0 Å². The minimum absolute atomic E-state index is 0.0493. The number of nitrogens with zero attached hydrogens (tertiary/aromatic N) is 1. The lowest BCUT2D eigenvalue weighted by atomic mass is 9.86. The third kappa shape index (κ3) is 3.45. The molecule has 0 spiro atoms. The van der Waals surface area contributed by atoms with E-state index in [1.165, 1.54) is 24.1 Å². The van der Waals surface area contributed by atoms with Gasteiger partial charge in [-0.15, -0.1) is 0 Å². The summed E-state index contributed by atoms with van der Waals surface area (Å²) in [5, 5.41) is 13.3. The van der Waals surface area contributed by atoms with Crippen LogP contribution < -0.4 is 10.2 Å². The van der Waals surface area contributed by atoms with E-state index < -0.39 is 0 Å². The van der Waals surface area contributed by atoms with E-state index in [4.69, 9.17) is 4.74 Å². The number of aliphatic hydroxyl groups excluding tert-OH is 1. The van der Waals surface area contributed by atoms with Crippen LogP contribution in [0.4, 0.5) is 5.69 Å². The molecule has 2 fully saturated rings. The van der Waals surface area contributed by atoms with E-state index in [0.717, 1.165) is 39.3 Å². The average Bonchev–Trinajstić information content (AvgIpc) is 2.96. The summed E-state index contributed by atoms with van der Waals surface area (Å²) in [5.41, 5.74) is 2.64. The van der Waals surface area contributed by atoms with Gasteiger partial charge in [-0.05, 0) is 30.5 Å². The SMILES string of the molecule is CC1(CO)CCCC1NCc1ccc(N2CCOCC2)cc1. The van der Waals surface area contributed by atoms with Crippen molar-refractivity contribution in [1.29, 1.82) is 0 Å². The lowest BCUT2D eigenvalue weighted by molar-refractivity contribution is 0.118. The number of nitrogens with one attached hydrogen (secondary N) is 1. The summed E-state index contributed by atoms with van der Waals surface area (Å²) < 4.78 is 5.40. The topological polar surface area (TPSA) is 44.7 Å². The number of hydrogen-bond acceptors (Lipinski definition) is 4. The maximum Gasteiger partial charge on any atom is 0.0642 e. The van der Waals surface area contributed by atoms with E-state index in [1.807, 2.05) is 0 Å². The first-order chi connectivity index (χ1) is 10.7. The van der Waals surface area contributed by atoms with E-state index in [0.29, 0.717) is 6.04 Å². The molecule has 4 heteroatoms. The molecule has 1 saturated carbocycles. The molecular formula is C18H28N2O2. The normalized spacial score (nSPS) is 29.0. The second-order valence-electron chi connectivity index (χ2n) is 6.90. The van der Waals surface area contributed by atoms with Gasteiger partial charge in [-0.25, -0.2) is 0 Å². The maximum atomic E-state index is 9.62. The van der Waals surface area contributed by atoms with Crippen molar-refractivity contribution in [2.75, 3.05) is 37.8 Å². The lowest BCUT2D eigenvalue weighted by Crippen LogP contribution is -2.41. The quantitative estimate of drug-likeness (QED) is 0.875. The first kappa shape index (κ1) is 15.8. The highest BCUT2D eigenvalue weighted by Crippen LogP contribution is 2.37. The van der Waals surface area contributed by atoms with Gasteiger partial charge >= 0.3 is 0 Å². The highest BCUT2D eigenvalue weighted by Gasteiger charge is 2.37. The van der Waals surface area contributed by atoms with Gasteiger partial charge in [0.1, 0.15) is 0 Å². The van der Waals surface area contributed by atoms with Crippen molar-refractivity contribution < 1.29 is 9.84 Å². The zero-order valence-electron chi connectivity index (χ0n) is 13.6. The zero-order valence-corrected chi connectivity index (χ0v) is 13.6. The second-order valence-corrected chi connectivity index (χ2v) is 6.90. The molecule has 22 heavy (non-hydrogen) atoms. The fourth-order valence-corrected chi connectivity index (χ4v) is 3.66. The Morgan fingerprint density at radius 3 is 2.68 bits per heavy atom. The van der Waals surface area contributed by atoms with Crippen LogP contribution in [0, 0.1) is 5.41 Å². The van der Waals surface area contributed by atoms with E-state index in [1.54, 1.807) is 0 Å². The van der Waals surface area contributed by atoms with Crippen molar-refractivity contribution in [1.82, 2.24) is 5.32 Å². The molecule has 122 valence electrons. The van der Waals surface area contributed by atoms with E-state index in [-0.39, 0.29) is 12.0 Å². The number of ether oxygens (including phenoxy) is 1. The molecule has 4 nitrogen and oxygen atoms in total. The van der Waals surface area contributed by atoms with Crippen molar-refractivity contribution in [3.8, 4) is 0 Å². The summed E-state index contributed by atoms with van der Waals surface area (Å²) in [5.74, 6) is 0. The van der Waals surface area contributed by atoms with Gasteiger partial charge < -0.3 is 20.1 Å². The number of hydrogen-bond donors (Lipinski definition) is 2. The first-order valence-corrected chi connectivity index (χ1v) is 8.47. The zero-order chi connectivity index (χ0) is 15.4. The summed E-state index contributed by atoms with van der Waals surface area (Å²) in [6, 6.07) is 9.27. The van der Waals surface area contributed by atoms with Gasteiger partial charge in [0.25, 0.3) is 0 Å². The Morgan fingerprint density at radius 1 is 1.27 bits per heavy atom. The van der Waals surface area contributed by atoms with Crippen molar-refractivity contribution in [2.24, 2.45) is 5.41 Å². The number of aliphatic hydroxyl groups is 1. The third-order valence-corrected chi connectivity index (χ3v) is 5.31. The fourth-order valence-electron chi connectivity index (χ4n) is 3.66. The van der Waals surface area contributed by atoms with Crippen LogP contribution in [0.5, 0.6) is 0 Å². The molecule has 1 aliphatic carbocycles. The van der Waals surface area contributed by atoms with Crippen LogP contribution in [0.3, 0.4) is 0 Å². The predicted molar refractivity (Wildman–Crippen MR) is 89.1 cm³/mol. The van der Waals surface area contributed by atoms with Gasteiger partial charge in [0, 0.05) is 43.4 Å². The molecule has 1 aromatic rings. The number of rotatable bonds is 5. The summed E-state index contributed by atoms with van der Waals surface area (Å²) in [7, 11) is 0. The highest BCUT2D eigenvalue weighted by molar-refractivity contribution is 5.47. The molecule has 2 aliphatic rings. The number of morpholine rings is 1. The Hall–Kier alpha value is -1.10. The molecule has 2 atom stereocenters. The molecule has 1 saturated heterocycles. The van der Waals surface area contributed by atoms with Crippen molar-refractivity contribution in [3.05, 3.63) is 29.8 Å². The largest absolute Gasteiger partial charge is 0.396 e. The summed E-state index contributed by atoms with van der Waals surface area (Å²) in [6.07, 6.45) is 3.50. The van der Waals surface area contributed by atoms with Crippen molar-refractivity contribution >= 4 is 5.69 Å². The van der Waals surface area contributed by atoms with E-state index in [2.05, 4.69) is 41.4 Å². The molecule has 3 rings (SSSR count). The third-order valence-electron chi connectivity index (χ3n) is 5.31. The minimum atomic E-state index is 0.0493. The van der Waals surface area contributed by atoms with Crippen LogP contribution in [0.15, 0.2) is 24.3 Å². The van der Waals surface area contributed by atoms with Gasteiger partial charge in [-0.3, -0.25) is 0 Å². The van der Waals surface area contributed by atoms with Crippen molar-refractivity contribution in [2.45, 2.75) is 38.8 Å². The molecule has 2 unspecified atom stereocenters. The van der Waals surface area contributed by atoms with E-state index >= 15 is 0 Å². The molecular weight excluding hydrogens is 276 g/mol. The Kier molecular flexibility index (Phi) is 5.01. The van der Waals surface area contributed by atoms with Gasteiger partial charge in [-0.1, -0.05) is 25.5 Å². The Balaban J connectivity index is 1.55. The average molecular weight is 304 g/mol. The van der Waals surface area contributed by atoms with Crippen LogP contribution in [-0.4, -0.2) is 44.1 Å². The lowest BCUT2D eigenvalue weighted by Gasteiger charge is -2.30. The smallest absolute Gasteiger partial charge is 0.0642 e. The number of anilines is 1. The predicted octanol–water partition coefficient (Wildman–Crippen LogP) is 2.16. The van der Waals surface area contributed by atoms with Gasteiger partial charge in [-0.2, -0.15) is 0 Å². The van der Waals surface area contributed by atoms with Crippen LogP contribution in [0.2, 0.25) is 0 Å². The molecule has 1 heterocycles. The maximum absolute atomic E-state index is 9.62. The second kappa shape index (κ2) is 6.99. The monoisotopic (exact) mass is 304 g/mol. The Labute approximate surface area is 133 Å². The van der Waals surface area contributed by atoms with Crippen LogP contribution in [0.1, 0.15) is 31.7 Å².